The zero-order valence-electron chi connectivity index (χ0n) is 9.45. The van der Waals surface area contributed by atoms with E-state index < -0.39 is 0 Å². The molecule has 16 heavy (non-hydrogen) atoms. The van der Waals surface area contributed by atoms with E-state index in [0.717, 1.165) is 0 Å². The zero-order chi connectivity index (χ0) is 10.8. The van der Waals surface area contributed by atoms with Crippen LogP contribution in [-0.4, -0.2) is 0 Å². The maximum absolute atomic E-state index is 2.32. The molecule has 0 heterocycles. The normalized spacial score (nSPS) is 22.8. The molecule has 1 aromatic carbocycles. The van der Waals surface area contributed by atoms with E-state index in [9.17, 15) is 0 Å². The maximum atomic E-state index is 2.32. The molecular formula is C16H16. The Morgan fingerprint density at radius 1 is 0.625 bits per heavy atom. The molecule has 0 atom stereocenters. The van der Waals surface area contributed by atoms with Gasteiger partial charge in [-0.2, -0.15) is 0 Å². The lowest BCUT2D eigenvalue weighted by Gasteiger charge is -2.17. The van der Waals surface area contributed by atoms with Crippen molar-refractivity contribution in [2.75, 3.05) is 0 Å². The van der Waals surface area contributed by atoms with Crippen molar-refractivity contribution in [1.82, 2.24) is 0 Å². The van der Waals surface area contributed by atoms with E-state index in [-0.39, 0.29) is 0 Å². The molecule has 0 bridgehead atoms. The number of allylic oxidation sites excluding steroid dienone is 4. The largest absolute Gasteiger partial charge is 0.0616 e. The third kappa shape index (κ3) is 1.76. The third-order valence-corrected chi connectivity index (χ3v) is 3.48. The lowest BCUT2D eigenvalue weighted by molar-refractivity contribution is 0.694. The standard InChI is InChI=1S/C16H16/c1-2-6-14-11-12-16-8-4-3-7-15(16)10-9-13(14)5-1/h1-2,5-6,9-12H,3-4,7-8H2/b10-9-,12-11-,13-9?,14-11?,15-10?,16-12?. The summed E-state index contributed by atoms with van der Waals surface area (Å²) in [7, 11) is 0. The van der Waals surface area contributed by atoms with Crippen LogP contribution in [0.5, 0.6) is 0 Å². The Morgan fingerprint density at radius 2 is 1.12 bits per heavy atom. The van der Waals surface area contributed by atoms with E-state index in [1.807, 2.05) is 0 Å². The second-order valence-corrected chi connectivity index (χ2v) is 4.55. The van der Waals surface area contributed by atoms with E-state index in [2.05, 4.69) is 48.6 Å². The van der Waals surface area contributed by atoms with E-state index in [0.29, 0.717) is 0 Å². The van der Waals surface area contributed by atoms with Gasteiger partial charge in [0.1, 0.15) is 0 Å². The van der Waals surface area contributed by atoms with Crippen molar-refractivity contribution >= 4 is 12.2 Å². The molecule has 0 heteroatoms. The first-order chi connectivity index (χ1) is 7.93. The summed E-state index contributed by atoms with van der Waals surface area (Å²) in [5.41, 5.74) is 5.74. The Kier molecular flexibility index (Phi) is 2.49. The van der Waals surface area contributed by atoms with Crippen LogP contribution in [0.3, 0.4) is 0 Å². The molecule has 0 radical (unpaired) electrons. The minimum Gasteiger partial charge on any atom is -0.0616 e. The summed E-state index contributed by atoms with van der Waals surface area (Å²) in [6.07, 6.45) is 14.3. The molecule has 0 nitrogen and oxygen atoms in total. The molecule has 0 aliphatic heterocycles. The first-order valence-electron chi connectivity index (χ1n) is 6.11. The van der Waals surface area contributed by atoms with Crippen LogP contribution < -0.4 is 0 Å². The average molecular weight is 208 g/mol. The zero-order valence-corrected chi connectivity index (χ0v) is 9.45. The lowest BCUT2D eigenvalue weighted by Crippen LogP contribution is -1.97. The van der Waals surface area contributed by atoms with Crippen molar-refractivity contribution < 1.29 is 0 Å². The fourth-order valence-corrected chi connectivity index (χ4v) is 2.53. The Hall–Kier alpha value is -1.56. The Labute approximate surface area is 97.0 Å². The SMILES string of the molecule is C1=C\c2ccccc2/C=C\C2=C/1CCCC2. The van der Waals surface area contributed by atoms with Crippen LogP contribution in [0.25, 0.3) is 12.2 Å². The summed E-state index contributed by atoms with van der Waals surface area (Å²) in [6, 6.07) is 8.58. The first-order valence-corrected chi connectivity index (χ1v) is 6.11. The second-order valence-electron chi connectivity index (χ2n) is 4.55. The van der Waals surface area contributed by atoms with Gasteiger partial charge in [-0.25, -0.2) is 0 Å². The summed E-state index contributed by atoms with van der Waals surface area (Å²) in [5.74, 6) is 0. The molecule has 2 aliphatic rings. The third-order valence-electron chi connectivity index (χ3n) is 3.48. The summed E-state index contributed by atoms with van der Waals surface area (Å²) in [6.45, 7) is 0. The Balaban J connectivity index is 2.07. The molecule has 3 rings (SSSR count). The summed E-state index contributed by atoms with van der Waals surface area (Å²) >= 11 is 0. The summed E-state index contributed by atoms with van der Waals surface area (Å²) in [4.78, 5) is 0. The summed E-state index contributed by atoms with van der Waals surface area (Å²) in [5, 5.41) is 0. The quantitative estimate of drug-likeness (QED) is 0.584. The lowest BCUT2D eigenvalue weighted by atomic mass is 9.89. The second kappa shape index (κ2) is 4.13. The average Bonchev–Trinajstić information content (AvgIpc) is 2.32. The van der Waals surface area contributed by atoms with Gasteiger partial charge < -0.3 is 0 Å². The molecule has 1 aromatic rings. The van der Waals surface area contributed by atoms with Crippen LogP contribution in [0, 0.1) is 0 Å². The molecular weight excluding hydrogens is 192 g/mol. The fourth-order valence-electron chi connectivity index (χ4n) is 2.53. The van der Waals surface area contributed by atoms with Gasteiger partial charge in [-0.05, 0) is 48.0 Å². The first kappa shape index (κ1) is 9.65. The number of fused-ring (bicyclic) bond motifs is 1. The highest BCUT2D eigenvalue weighted by atomic mass is 14.1. The van der Waals surface area contributed by atoms with Crippen molar-refractivity contribution in [1.29, 1.82) is 0 Å². The van der Waals surface area contributed by atoms with E-state index in [4.69, 9.17) is 0 Å². The molecule has 0 saturated carbocycles. The van der Waals surface area contributed by atoms with Gasteiger partial charge in [0.25, 0.3) is 0 Å². The van der Waals surface area contributed by atoms with Crippen molar-refractivity contribution in [3.63, 3.8) is 0 Å². The predicted molar refractivity (Wildman–Crippen MR) is 70.0 cm³/mol. The van der Waals surface area contributed by atoms with Crippen molar-refractivity contribution in [3.05, 3.63) is 58.7 Å². The highest BCUT2D eigenvalue weighted by Gasteiger charge is 2.09. The number of rotatable bonds is 0. The Bertz CT molecular complexity index is 442. The van der Waals surface area contributed by atoms with Gasteiger partial charge in [-0.15, -0.1) is 0 Å². The molecule has 0 amide bonds. The van der Waals surface area contributed by atoms with Gasteiger partial charge in [-0.3, -0.25) is 0 Å². The Morgan fingerprint density at radius 3 is 1.62 bits per heavy atom. The minimum absolute atomic E-state index is 1.25. The molecule has 80 valence electrons. The molecule has 0 saturated heterocycles. The van der Waals surface area contributed by atoms with Gasteiger partial charge in [0.2, 0.25) is 0 Å². The smallest absolute Gasteiger partial charge is 0.0184 e. The number of benzene rings is 1. The summed E-state index contributed by atoms with van der Waals surface area (Å²) < 4.78 is 0. The van der Waals surface area contributed by atoms with Gasteiger partial charge in [0, 0.05) is 0 Å². The van der Waals surface area contributed by atoms with Crippen LogP contribution >= 0.6 is 0 Å². The van der Waals surface area contributed by atoms with Crippen LogP contribution in [-0.2, 0) is 0 Å². The topological polar surface area (TPSA) is 0 Å². The van der Waals surface area contributed by atoms with Crippen molar-refractivity contribution in [3.8, 4) is 0 Å². The van der Waals surface area contributed by atoms with Gasteiger partial charge >= 0.3 is 0 Å². The molecule has 0 spiro atoms. The minimum atomic E-state index is 1.25. The van der Waals surface area contributed by atoms with Gasteiger partial charge in [-0.1, -0.05) is 48.6 Å². The molecule has 0 aromatic heterocycles. The van der Waals surface area contributed by atoms with Gasteiger partial charge in [0.15, 0.2) is 0 Å². The highest BCUT2D eigenvalue weighted by molar-refractivity contribution is 5.70. The van der Waals surface area contributed by atoms with Crippen LogP contribution in [0.15, 0.2) is 47.6 Å². The van der Waals surface area contributed by atoms with Crippen LogP contribution in [0.4, 0.5) is 0 Å². The predicted octanol–water partition coefficient (Wildman–Crippen LogP) is 4.60. The van der Waals surface area contributed by atoms with Gasteiger partial charge in [0.05, 0.1) is 0 Å². The van der Waals surface area contributed by atoms with E-state index in [1.165, 1.54) is 48.0 Å². The maximum Gasteiger partial charge on any atom is -0.0184 e. The van der Waals surface area contributed by atoms with Crippen LogP contribution in [0.1, 0.15) is 36.8 Å². The molecule has 0 N–H and O–H groups in total. The molecule has 0 unspecified atom stereocenters. The fraction of sp³-hybridized carbons (Fsp3) is 0.250. The van der Waals surface area contributed by atoms with Crippen LogP contribution in [0.2, 0.25) is 0 Å². The monoisotopic (exact) mass is 208 g/mol. The van der Waals surface area contributed by atoms with E-state index >= 15 is 0 Å². The number of hydrogen-bond acceptors (Lipinski definition) is 0. The molecule has 2 aliphatic carbocycles. The van der Waals surface area contributed by atoms with Crippen molar-refractivity contribution in [2.45, 2.75) is 25.7 Å². The number of hydrogen-bond donors (Lipinski definition) is 0. The van der Waals surface area contributed by atoms with Crippen molar-refractivity contribution in [2.24, 2.45) is 0 Å². The highest BCUT2D eigenvalue weighted by Crippen LogP contribution is 2.29. The van der Waals surface area contributed by atoms with E-state index in [1.54, 1.807) is 0 Å². The molecule has 0 fully saturated rings.